The molecule has 136 valence electrons. The number of aryl methyl sites for hydroxylation is 1. The van der Waals surface area contributed by atoms with Crippen LogP contribution >= 0.6 is 0 Å². The Morgan fingerprint density at radius 2 is 1.88 bits per heavy atom. The van der Waals surface area contributed by atoms with Gasteiger partial charge >= 0.3 is 0 Å². The number of fused-ring (bicyclic) bond motifs is 1. The molecule has 0 saturated heterocycles. The minimum atomic E-state index is -3.51. The smallest absolute Gasteiger partial charge is 0.237 e. The first-order valence-electron chi connectivity index (χ1n) is 8.43. The van der Waals surface area contributed by atoms with Crippen LogP contribution < -0.4 is 4.72 Å². The van der Waals surface area contributed by atoms with Gasteiger partial charge in [0.25, 0.3) is 10.2 Å². The molecule has 1 aliphatic carbocycles. The van der Waals surface area contributed by atoms with Crippen LogP contribution in [0.4, 0.5) is 0 Å². The van der Waals surface area contributed by atoms with Crippen molar-refractivity contribution in [2.45, 2.75) is 39.7 Å². The second-order valence-electron chi connectivity index (χ2n) is 7.80. The van der Waals surface area contributed by atoms with E-state index in [4.69, 9.17) is 0 Å². The van der Waals surface area contributed by atoms with Crippen molar-refractivity contribution in [2.75, 3.05) is 14.1 Å². The number of rotatable bonds is 4. The number of hydrogen-bond donors (Lipinski definition) is 1. The van der Waals surface area contributed by atoms with Crippen molar-refractivity contribution in [1.29, 1.82) is 0 Å². The topological polar surface area (TPSA) is 67.2 Å². The summed E-state index contributed by atoms with van der Waals surface area (Å²) >= 11 is 0. The van der Waals surface area contributed by atoms with E-state index in [0.717, 1.165) is 29.8 Å². The van der Waals surface area contributed by atoms with Gasteiger partial charge in [0.15, 0.2) is 0 Å². The summed E-state index contributed by atoms with van der Waals surface area (Å²) in [6.07, 6.45) is 3.40. The van der Waals surface area contributed by atoms with E-state index in [1.165, 1.54) is 24.0 Å². The Kier molecular flexibility index (Phi) is 4.51. The lowest BCUT2D eigenvalue weighted by molar-refractivity contribution is 0.267. The van der Waals surface area contributed by atoms with E-state index in [1.54, 1.807) is 6.20 Å². The van der Waals surface area contributed by atoms with Crippen LogP contribution in [0.15, 0.2) is 30.5 Å². The Bertz CT molecular complexity index is 867. The summed E-state index contributed by atoms with van der Waals surface area (Å²) in [5.41, 5.74) is 4.21. The summed E-state index contributed by atoms with van der Waals surface area (Å²) in [4.78, 5) is 0. The van der Waals surface area contributed by atoms with Gasteiger partial charge in [-0.05, 0) is 37.3 Å². The predicted molar refractivity (Wildman–Crippen MR) is 98.9 cm³/mol. The molecule has 0 unspecified atom stereocenters. The lowest BCUT2D eigenvalue weighted by atomic mass is 9.74. The van der Waals surface area contributed by atoms with Crippen molar-refractivity contribution >= 4 is 10.2 Å². The lowest BCUT2D eigenvalue weighted by Gasteiger charge is -2.36. The maximum Gasteiger partial charge on any atom is 0.279 e. The van der Waals surface area contributed by atoms with Crippen molar-refractivity contribution in [1.82, 2.24) is 18.8 Å². The largest absolute Gasteiger partial charge is 0.279 e. The molecular formula is C18H26N4O2S. The normalized spacial score (nSPS) is 19.8. The highest BCUT2D eigenvalue weighted by atomic mass is 32.2. The average Bonchev–Trinajstić information content (AvgIpc) is 2.90. The molecule has 0 spiro atoms. The first-order valence-corrected chi connectivity index (χ1v) is 9.87. The van der Waals surface area contributed by atoms with Gasteiger partial charge in [-0.15, -0.1) is 0 Å². The molecule has 1 heterocycles. The molecule has 1 atom stereocenters. The molecule has 3 rings (SSSR count). The van der Waals surface area contributed by atoms with Crippen molar-refractivity contribution < 1.29 is 8.42 Å². The van der Waals surface area contributed by atoms with Gasteiger partial charge in [-0.25, -0.2) is 4.68 Å². The van der Waals surface area contributed by atoms with Crippen LogP contribution in [0.1, 0.15) is 43.1 Å². The van der Waals surface area contributed by atoms with Gasteiger partial charge in [0, 0.05) is 25.4 Å². The highest BCUT2D eigenvalue weighted by Crippen LogP contribution is 2.41. The molecule has 7 heteroatoms. The highest BCUT2D eigenvalue weighted by molar-refractivity contribution is 7.87. The third kappa shape index (κ3) is 3.63. The number of nitrogens with zero attached hydrogens (tertiary/aromatic N) is 3. The fourth-order valence-corrected chi connectivity index (χ4v) is 4.12. The Hall–Kier alpha value is -1.70. The van der Waals surface area contributed by atoms with Crippen LogP contribution in [0, 0.1) is 12.3 Å². The quantitative estimate of drug-likeness (QED) is 0.909. The molecule has 1 aromatic heterocycles. The summed E-state index contributed by atoms with van der Waals surface area (Å²) in [5, 5.41) is 4.56. The van der Waals surface area contributed by atoms with Crippen LogP contribution in [-0.4, -0.2) is 36.6 Å². The van der Waals surface area contributed by atoms with Gasteiger partial charge in [0.1, 0.15) is 0 Å². The standard InChI is InChI=1S/C18H26N4O2S/c1-13-6-8-14(9-7-13)22-17-11-18(2,3)10-16(15(17)12-19-22)20-25(23,24)21(4)5/h6-9,12,16,20H,10-11H2,1-5H3/t16-/m0/s1. The van der Waals surface area contributed by atoms with Crippen molar-refractivity contribution in [3.8, 4) is 5.69 Å². The molecule has 1 aliphatic rings. The first-order chi connectivity index (χ1) is 11.6. The molecule has 0 bridgehead atoms. The maximum atomic E-state index is 12.3. The fourth-order valence-electron chi connectivity index (χ4n) is 3.34. The molecule has 0 aliphatic heterocycles. The Morgan fingerprint density at radius 3 is 2.48 bits per heavy atom. The second-order valence-corrected chi connectivity index (χ2v) is 9.71. The third-order valence-corrected chi connectivity index (χ3v) is 6.27. The van der Waals surface area contributed by atoms with E-state index in [-0.39, 0.29) is 11.5 Å². The predicted octanol–water partition coefficient (Wildman–Crippen LogP) is 2.59. The fraction of sp³-hybridized carbons (Fsp3) is 0.500. The molecule has 0 amide bonds. The van der Waals surface area contributed by atoms with E-state index in [1.807, 2.05) is 16.8 Å². The van der Waals surface area contributed by atoms with Crippen LogP contribution in [0.5, 0.6) is 0 Å². The molecule has 0 radical (unpaired) electrons. The lowest BCUT2D eigenvalue weighted by Crippen LogP contribution is -2.41. The van der Waals surface area contributed by atoms with Crippen molar-refractivity contribution in [3.05, 3.63) is 47.3 Å². The molecule has 25 heavy (non-hydrogen) atoms. The van der Waals surface area contributed by atoms with Gasteiger partial charge in [-0.1, -0.05) is 31.5 Å². The Labute approximate surface area is 150 Å². The summed E-state index contributed by atoms with van der Waals surface area (Å²) in [5.74, 6) is 0. The van der Waals surface area contributed by atoms with Crippen molar-refractivity contribution in [2.24, 2.45) is 5.41 Å². The number of hydrogen-bond acceptors (Lipinski definition) is 3. The van der Waals surface area contributed by atoms with Gasteiger partial charge in [-0.3, -0.25) is 0 Å². The zero-order valence-corrected chi connectivity index (χ0v) is 16.3. The average molecular weight is 362 g/mol. The summed E-state index contributed by atoms with van der Waals surface area (Å²) < 4.78 is 30.6. The zero-order chi connectivity index (χ0) is 18.4. The van der Waals surface area contributed by atoms with Gasteiger partial charge < -0.3 is 0 Å². The van der Waals surface area contributed by atoms with E-state index < -0.39 is 10.2 Å². The number of benzene rings is 1. The second kappa shape index (κ2) is 6.23. The van der Waals surface area contributed by atoms with E-state index in [0.29, 0.717) is 0 Å². The van der Waals surface area contributed by atoms with Crippen LogP contribution in [0.3, 0.4) is 0 Å². The van der Waals surface area contributed by atoms with Gasteiger partial charge in [0.05, 0.1) is 17.9 Å². The number of nitrogens with one attached hydrogen (secondary N) is 1. The zero-order valence-electron chi connectivity index (χ0n) is 15.4. The highest BCUT2D eigenvalue weighted by Gasteiger charge is 2.37. The molecule has 2 aromatic rings. The molecule has 1 N–H and O–H groups in total. The molecule has 6 nitrogen and oxygen atoms in total. The summed E-state index contributed by atoms with van der Waals surface area (Å²) in [6, 6.07) is 7.94. The van der Waals surface area contributed by atoms with E-state index >= 15 is 0 Å². The van der Waals surface area contributed by atoms with Crippen molar-refractivity contribution in [3.63, 3.8) is 0 Å². The maximum absolute atomic E-state index is 12.3. The SMILES string of the molecule is Cc1ccc(-n2ncc3c2CC(C)(C)C[C@@H]3NS(=O)(=O)N(C)C)cc1. The minimum absolute atomic E-state index is 0.0189. The molecule has 0 saturated carbocycles. The first kappa shape index (κ1) is 18.1. The van der Waals surface area contributed by atoms with Crippen LogP contribution in [0.25, 0.3) is 5.69 Å². The minimum Gasteiger partial charge on any atom is -0.237 e. The van der Waals surface area contributed by atoms with Crippen LogP contribution in [-0.2, 0) is 16.6 Å². The third-order valence-electron chi connectivity index (χ3n) is 4.73. The molecule has 1 aromatic carbocycles. The van der Waals surface area contributed by atoms with E-state index in [2.05, 4.69) is 42.7 Å². The summed E-state index contributed by atoms with van der Waals surface area (Å²) in [7, 11) is -0.436. The number of aromatic nitrogens is 2. The van der Waals surface area contributed by atoms with Gasteiger partial charge in [0.2, 0.25) is 0 Å². The summed E-state index contributed by atoms with van der Waals surface area (Å²) in [6.45, 7) is 6.39. The van der Waals surface area contributed by atoms with Gasteiger partial charge in [-0.2, -0.15) is 22.5 Å². The molecular weight excluding hydrogens is 336 g/mol. The Morgan fingerprint density at radius 1 is 1.24 bits per heavy atom. The molecule has 0 fully saturated rings. The monoisotopic (exact) mass is 362 g/mol. The van der Waals surface area contributed by atoms with E-state index in [9.17, 15) is 8.42 Å². The Balaban J connectivity index is 2.03. The van der Waals surface area contributed by atoms with Crippen LogP contribution in [0.2, 0.25) is 0 Å².